The molecule has 1 unspecified atom stereocenters. The highest BCUT2D eigenvalue weighted by Gasteiger charge is 2.30. The second-order valence-corrected chi connectivity index (χ2v) is 5.37. The first-order valence-electron chi connectivity index (χ1n) is 7.19. The Kier molecular flexibility index (Phi) is 9.94. The Morgan fingerprint density at radius 1 is 1.10 bits per heavy atom. The zero-order valence-electron chi connectivity index (χ0n) is 12.3. The van der Waals surface area contributed by atoms with Crippen LogP contribution in [0.25, 0.3) is 0 Å². The van der Waals surface area contributed by atoms with Crippen molar-refractivity contribution in [3.8, 4) is 0 Å². The van der Waals surface area contributed by atoms with Crippen molar-refractivity contribution < 1.29 is 9.59 Å². The molecule has 21 heavy (non-hydrogen) atoms. The first-order valence-corrected chi connectivity index (χ1v) is 7.19. The molecule has 2 aliphatic rings. The maximum Gasteiger partial charge on any atom is 0.242 e. The zero-order valence-corrected chi connectivity index (χ0v) is 13.9. The van der Waals surface area contributed by atoms with E-state index in [-0.39, 0.29) is 49.7 Å². The minimum absolute atomic E-state index is 0. The van der Waals surface area contributed by atoms with E-state index in [0.29, 0.717) is 6.04 Å². The van der Waals surface area contributed by atoms with Crippen LogP contribution < -0.4 is 11.1 Å². The minimum Gasteiger partial charge on any atom is -0.346 e. The topological polar surface area (TPSA) is 78.7 Å². The van der Waals surface area contributed by atoms with Gasteiger partial charge in [-0.1, -0.05) is 0 Å². The number of likely N-dealkylation sites (tertiary alicyclic amines) is 2. The highest BCUT2D eigenvalue weighted by molar-refractivity contribution is 5.86. The van der Waals surface area contributed by atoms with Gasteiger partial charge in [-0.25, -0.2) is 0 Å². The number of halogens is 2. The number of nitrogens with two attached hydrogens (primary N) is 1. The Balaban J connectivity index is 0.00000200. The molecule has 0 spiro atoms. The predicted molar refractivity (Wildman–Crippen MR) is 87.0 cm³/mol. The van der Waals surface area contributed by atoms with Gasteiger partial charge in [0.15, 0.2) is 0 Å². The minimum atomic E-state index is -0.274. The summed E-state index contributed by atoms with van der Waals surface area (Å²) in [6, 6.07) is 0.320. The quantitative estimate of drug-likeness (QED) is 0.737. The van der Waals surface area contributed by atoms with Crippen LogP contribution >= 0.6 is 24.8 Å². The largest absolute Gasteiger partial charge is 0.346 e. The van der Waals surface area contributed by atoms with Crippen LogP contribution in [0.15, 0.2) is 0 Å². The van der Waals surface area contributed by atoms with E-state index >= 15 is 0 Å². The summed E-state index contributed by atoms with van der Waals surface area (Å²) >= 11 is 0. The molecule has 0 radical (unpaired) electrons. The molecule has 0 aliphatic carbocycles. The summed E-state index contributed by atoms with van der Waals surface area (Å²) in [6.45, 7) is 4.12. The van der Waals surface area contributed by atoms with Gasteiger partial charge in [0, 0.05) is 19.1 Å². The molecule has 0 saturated carbocycles. The van der Waals surface area contributed by atoms with Gasteiger partial charge in [-0.2, -0.15) is 0 Å². The van der Waals surface area contributed by atoms with Crippen LogP contribution in [-0.4, -0.2) is 66.9 Å². The van der Waals surface area contributed by atoms with Crippen molar-refractivity contribution in [2.45, 2.75) is 31.7 Å². The monoisotopic (exact) mass is 340 g/mol. The molecule has 2 rings (SSSR count). The summed E-state index contributed by atoms with van der Waals surface area (Å²) in [4.78, 5) is 27.5. The van der Waals surface area contributed by atoms with E-state index in [1.54, 1.807) is 0 Å². The number of amides is 2. The molecule has 3 N–H and O–H groups in total. The molecule has 2 aliphatic heterocycles. The average Bonchev–Trinajstić information content (AvgIpc) is 3.07. The fourth-order valence-corrected chi connectivity index (χ4v) is 2.97. The maximum atomic E-state index is 12.1. The fraction of sp³-hybridized carbons (Fsp3) is 0.846. The average molecular weight is 341 g/mol. The highest BCUT2D eigenvalue weighted by atomic mass is 35.5. The van der Waals surface area contributed by atoms with E-state index in [2.05, 4.69) is 10.2 Å². The highest BCUT2D eigenvalue weighted by Crippen LogP contribution is 2.20. The van der Waals surface area contributed by atoms with Crippen molar-refractivity contribution in [1.29, 1.82) is 0 Å². The van der Waals surface area contributed by atoms with Gasteiger partial charge in [-0.3, -0.25) is 9.59 Å². The second kappa shape index (κ2) is 10.2. The van der Waals surface area contributed by atoms with E-state index < -0.39 is 0 Å². The number of rotatable bonds is 5. The Labute approximate surface area is 138 Å². The number of carbonyl (C=O) groups excluding carboxylic acids is 2. The van der Waals surface area contributed by atoms with Crippen LogP contribution in [0.5, 0.6) is 0 Å². The summed E-state index contributed by atoms with van der Waals surface area (Å²) in [7, 11) is 0. The Morgan fingerprint density at radius 3 is 2.38 bits per heavy atom. The van der Waals surface area contributed by atoms with E-state index in [1.165, 1.54) is 12.8 Å². The summed E-state index contributed by atoms with van der Waals surface area (Å²) in [6.07, 6.45) is 4.68. The van der Waals surface area contributed by atoms with Crippen molar-refractivity contribution in [2.24, 2.45) is 5.73 Å². The second-order valence-electron chi connectivity index (χ2n) is 5.37. The third-order valence-corrected chi connectivity index (χ3v) is 3.99. The lowest BCUT2D eigenvalue weighted by Gasteiger charge is -2.28. The van der Waals surface area contributed by atoms with Gasteiger partial charge in [0.1, 0.15) is 0 Å². The fourth-order valence-electron chi connectivity index (χ4n) is 2.97. The van der Waals surface area contributed by atoms with Gasteiger partial charge >= 0.3 is 0 Å². The molecule has 2 amide bonds. The standard InChI is InChI=1S/C13H24N4O2.2ClH/c14-8-12(18)15-9-13(19)17-7-3-4-11(17)10-16-5-1-2-6-16;;/h11H,1-10,14H2,(H,15,18);2*1H. The van der Waals surface area contributed by atoms with Gasteiger partial charge in [-0.05, 0) is 38.8 Å². The number of nitrogens with one attached hydrogen (secondary N) is 1. The third-order valence-electron chi connectivity index (χ3n) is 3.99. The third kappa shape index (κ3) is 5.98. The van der Waals surface area contributed by atoms with Crippen LogP contribution in [0.4, 0.5) is 0 Å². The van der Waals surface area contributed by atoms with Crippen LogP contribution in [0.3, 0.4) is 0 Å². The van der Waals surface area contributed by atoms with E-state index in [1.807, 2.05) is 4.90 Å². The van der Waals surface area contributed by atoms with E-state index in [9.17, 15) is 9.59 Å². The number of nitrogens with zero attached hydrogens (tertiary/aromatic N) is 2. The van der Waals surface area contributed by atoms with Crippen LogP contribution in [-0.2, 0) is 9.59 Å². The van der Waals surface area contributed by atoms with Crippen LogP contribution in [0, 0.1) is 0 Å². The lowest BCUT2D eigenvalue weighted by molar-refractivity contribution is -0.133. The lowest BCUT2D eigenvalue weighted by atomic mass is 10.2. The first kappa shape index (κ1) is 20.4. The lowest BCUT2D eigenvalue weighted by Crippen LogP contribution is -2.47. The van der Waals surface area contributed by atoms with Gasteiger partial charge in [0.2, 0.25) is 11.8 Å². The Bertz CT molecular complexity index is 338. The van der Waals surface area contributed by atoms with Crippen molar-refractivity contribution in [3.05, 3.63) is 0 Å². The summed E-state index contributed by atoms with van der Waals surface area (Å²) in [5.41, 5.74) is 5.20. The SMILES string of the molecule is Cl.Cl.NCC(=O)NCC(=O)N1CCCC1CN1CCCC1. The number of hydrogen-bond acceptors (Lipinski definition) is 4. The first-order chi connectivity index (χ1) is 9.20. The molecule has 0 aromatic heterocycles. The molecule has 6 nitrogen and oxygen atoms in total. The Morgan fingerprint density at radius 2 is 1.76 bits per heavy atom. The molecule has 1 atom stereocenters. The molecule has 0 bridgehead atoms. The summed E-state index contributed by atoms with van der Waals surface area (Å²) in [5.74, 6) is -0.257. The van der Waals surface area contributed by atoms with Crippen molar-refractivity contribution >= 4 is 36.6 Å². The van der Waals surface area contributed by atoms with Gasteiger partial charge in [0.05, 0.1) is 13.1 Å². The molecule has 8 heteroatoms. The van der Waals surface area contributed by atoms with Crippen molar-refractivity contribution in [3.63, 3.8) is 0 Å². The molecule has 124 valence electrons. The molecular formula is C13H26Cl2N4O2. The van der Waals surface area contributed by atoms with E-state index in [4.69, 9.17) is 5.73 Å². The van der Waals surface area contributed by atoms with E-state index in [0.717, 1.165) is 39.0 Å². The molecule has 0 aromatic rings. The van der Waals surface area contributed by atoms with Crippen LogP contribution in [0.1, 0.15) is 25.7 Å². The van der Waals surface area contributed by atoms with Crippen LogP contribution in [0.2, 0.25) is 0 Å². The molecule has 2 saturated heterocycles. The number of hydrogen-bond donors (Lipinski definition) is 2. The van der Waals surface area contributed by atoms with Gasteiger partial charge in [-0.15, -0.1) is 24.8 Å². The van der Waals surface area contributed by atoms with Crippen molar-refractivity contribution in [2.75, 3.05) is 39.3 Å². The van der Waals surface area contributed by atoms with Crippen molar-refractivity contribution in [1.82, 2.24) is 15.1 Å². The maximum absolute atomic E-state index is 12.1. The molecule has 0 aromatic carbocycles. The summed E-state index contributed by atoms with van der Waals surface area (Å²) in [5, 5.41) is 2.55. The Hall–Kier alpha value is -0.560. The molecular weight excluding hydrogens is 315 g/mol. The number of carbonyl (C=O) groups is 2. The smallest absolute Gasteiger partial charge is 0.242 e. The van der Waals surface area contributed by atoms with Gasteiger partial charge in [0.25, 0.3) is 0 Å². The zero-order chi connectivity index (χ0) is 13.7. The molecule has 2 heterocycles. The predicted octanol–water partition coefficient (Wildman–Crippen LogP) is -0.00830. The molecule has 2 fully saturated rings. The normalized spacial score (nSPS) is 21.6. The summed E-state index contributed by atoms with van der Waals surface area (Å²) < 4.78 is 0. The van der Waals surface area contributed by atoms with Gasteiger partial charge < -0.3 is 20.9 Å².